The Kier molecular flexibility index (Phi) is 4.79. The van der Waals surface area contributed by atoms with Gasteiger partial charge in [0.25, 0.3) is 0 Å². The first-order valence-corrected chi connectivity index (χ1v) is 11.1. The lowest BCUT2D eigenvalue weighted by molar-refractivity contribution is -0.179. The van der Waals surface area contributed by atoms with Gasteiger partial charge in [-0.15, -0.1) is 0 Å². The van der Waals surface area contributed by atoms with E-state index in [2.05, 4.69) is 27.7 Å². The standard InChI is InChI=1S/C23H38O3/c1-5-10-26-20-13-23(4)15(11-18(20)24)7-8-16-17-9-6-14(2)22(17,3)12-19(25)21(16)23/h14-18,20-21,24H,5-13H2,1-4H3/t14-,15-,16-,17-,18-,20-,21+,22+,23-/m0/s1. The molecule has 0 radical (unpaired) electrons. The highest BCUT2D eigenvalue weighted by Gasteiger charge is 2.63. The van der Waals surface area contributed by atoms with Crippen molar-refractivity contribution in [2.24, 2.45) is 40.4 Å². The molecule has 0 bridgehead atoms. The van der Waals surface area contributed by atoms with Crippen LogP contribution in [0, 0.1) is 40.4 Å². The van der Waals surface area contributed by atoms with E-state index >= 15 is 0 Å². The summed E-state index contributed by atoms with van der Waals surface area (Å²) in [5, 5.41) is 10.6. The zero-order valence-corrected chi connectivity index (χ0v) is 17.2. The van der Waals surface area contributed by atoms with Gasteiger partial charge < -0.3 is 9.84 Å². The van der Waals surface area contributed by atoms with Crippen molar-refractivity contribution in [2.45, 2.75) is 91.3 Å². The number of ketones is 1. The molecule has 148 valence electrons. The summed E-state index contributed by atoms with van der Waals surface area (Å²) in [5.41, 5.74) is 0.249. The number of ether oxygens (including phenoxy) is 1. The Morgan fingerprint density at radius 2 is 1.92 bits per heavy atom. The van der Waals surface area contributed by atoms with E-state index in [1.54, 1.807) is 0 Å². The van der Waals surface area contributed by atoms with Crippen LogP contribution in [-0.2, 0) is 9.53 Å². The van der Waals surface area contributed by atoms with E-state index in [9.17, 15) is 9.90 Å². The number of hydrogen-bond donors (Lipinski definition) is 1. The van der Waals surface area contributed by atoms with Crippen LogP contribution in [0.4, 0.5) is 0 Å². The molecule has 4 aliphatic rings. The van der Waals surface area contributed by atoms with E-state index in [1.807, 2.05) is 0 Å². The third-order valence-corrected chi connectivity index (χ3v) is 9.35. The van der Waals surface area contributed by atoms with Crippen molar-refractivity contribution in [3.63, 3.8) is 0 Å². The Bertz CT molecular complexity index is 560. The SMILES string of the molecule is CCCO[C@H]1C[C@@]2(C)[C@@H](CC[C@H]3[C@@H]4CC[C@H](C)[C@@]4(C)CC(=O)[C@@H]32)C[C@@H]1O. The van der Waals surface area contributed by atoms with Gasteiger partial charge in [0, 0.05) is 18.9 Å². The first-order valence-electron chi connectivity index (χ1n) is 11.1. The molecule has 0 spiro atoms. The molecule has 3 nitrogen and oxygen atoms in total. The smallest absolute Gasteiger partial charge is 0.137 e. The van der Waals surface area contributed by atoms with E-state index < -0.39 is 0 Å². The van der Waals surface area contributed by atoms with Crippen molar-refractivity contribution in [2.75, 3.05) is 6.61 Å². The van der Waals surface area contributed by atoms with Gasteiger partial charge in [-0.2, -0.15) is 0 Å². The Labute approximate surface area is 159 Å². The fourth-order valence-corrected chi connectivity index (χ4v) is 7.75. The molecule has 26 heavy (non-hydrogen) atoms. The normalized spacial score (nSPS) is 53.7. The molecule has 9 atom stereocenters. The number of rotatable bonds is 3. The number of aliphatic hydroxyl groups excluding tert-OH is 1. The molecule has 4 saturated carbocycles. The van der Waals surface area contributed by atoms with Gasteiger partial charge in [-0.3, -0.25) is 4.79 Å². The van der Waals surface area contributed by atoms with Crippen LogP contribution in [0.1, 0.15) is 79.1 Å². The second-order valence-electron chi connectivity index (χ2n) is 10.6. The van der Waals surface area contributed by atoms with Gasteiger partial charge in [0.2, 0.25) is 0 Å². The quantitative estimate of drug-likeness (QED) is 0.797. The highest BCUT2D eigenvalue weighted by atomic mass is 16.5. The summed E-state index contributed by atoms with van der Waals surface area (Å²) >= 11 is 0. The monoisotopic (exact) mass is 362 g/mol. The molecule has 0 aromatic heterocycles. The number of aliphatic hydroxyl groups is 1. The summed E-state index contributed by atoms with van der Waals surface area (Å²) < 4.78 is 6.04. The van der Waals surface area contributed by atoms with Gasteiger partial charge in [0.15, 0.2) is 0 Å². The molecule has 3 heteroatoms. The van der Waals surface area contributed by atoms with Crippen molar-refractivity contribution in [3.8, 4) is 0 Å². The van der Waals surface area contributed by atoms with Gasteiger partial charge in [0.05, 0.1) is 12.2 Å². The number of carbonyl (C=O) groups excluding carboxylic acids is 1. The molecule has 4 rings (SSSR count). The number of carbonyl (C=O) groups is 1. The third kappa shape index (κ3) is 2.64. The van der Waals surface area contributed by atoms with Gasteiger partial charge >= 0.3 is 0 Å². The second-order valence-corrected chi connectivity index (χ2v) is 10.6. The Morgan fingerprint density at radius 1 is 1.15 bits per heavy atom. The fraction of sp³-hybridized carbons (Fsp3) is 0.957. The first-order chi connectivity index (χ1) is 12.3. The van der Waals surface area contributed by atoms with Crippen LogP contribution in [0.25, 0.3) is 0 Å². The van der Waals surface area contributed by atoms with Crippen molar-refractivity contribution in [3.05, 3.63) is 0 Å². The van der Waals surface area contributed by atoms with E-state index in [1.165, 1.54) is 25.7 Å². The maximum Gasteiger partial charge on any atom is 0.137 e. The van der Waals surface area contributed by atoms with E-state index in [-0.39, 0.29) is 29.0 Å². The lowest BCUT2D eigenvalue weighted by atomic mass is 9.44. The minimum Gasteiger partial charge on any atom is -0.390 e. The maximum absolute atomic E-state index is 13.5. The van der Waals surface area contributed by atoms with Crippen molar-refractivity contribution in [1.82, 2.24) is 0 Å². The average molecular weight is 363 g/mol. The molecule has 0 amide bonds. The molecular formula is C23H38O3. The first kappa shape index (κ1) is 18.9. The van der Waals surface area contributed by atoms with Crippen LogP contribution in [0.2, 0.25) is 0 Å². The zero-order chi connectivity index (χ0) is 18.7. The van der Waals surface area contributed by atoms with Crippen LogP contribution in [0.15, 0.2) is 0 Å². The predicted octanol–water partition coefficient (Wildman–Crippen LogP) is 4.61. The van der Waals surface area contributed by atoms with Crippen LogP contribution in [0.5, 0.6) is 0 Å². The lowest BCUT2D eigenvalue weighted by Gasteiger charge is -2.60. The zero-order valence-electron chi connectivity index (χ0n) is 17.2. The average Bonchev–Trinajstić information content (AvgIpc) is 2.88. The van der Waals surface area contributed by atoms with E-state index in [4.69, 9.17) is 4.74 Å². The molecule has 0 aliphatic heterocycles. The van der Waals surface area contributed by atoms with Crippen LogP contribution < -0.4 is 0 Å². The summed E-state index contributed by atoms with van der Waals surface area (Å²) in [6.45, 7) is 9.95. The molecule has 0 unspecified atom stereocenters. The molecule has 4 aliphatic carbocycles. The molecular weight excluding hydrogens is 324 g/mol. The van der Waals surface area contributed by atoms with Crippen LogP contribution in [0.3, 0.4) is 0 Å². The summed E-state index contributed by atoms with van der Waals surface area (Å²) in [6.07, 6.45) is 7.98. The second kappa shape index (κ2) is 6.58. The molecule has 0 aromatic carbocycles. The Morgan fingerprint density at radius 3 is 2.65 bits per heavy atom. The minimum absolute atomic E-state index is 0.0186. The highest BCUT2D eigenvalue weighted by molar-refractivity contribution is 5.84. The molecule has 4 fully saturated rings. The molecule has 0 aromatic rings. The number of fused-ring (bicyclic) bond motifs is 5. The summed E-state index contributed by atoms with van der Waals surface area (Å²) in [6, 6.07) is 0. The lowest BCUT2D eigenvalue weighted by Crippen LogP contribution is -2.60. The maximum atomic E-state index is 13.5. The Hall–Kier alpha value is -0.410. The summed E-state index contributed by atoms with van der Waals surface area (Å²) in [7, 11) is 0. The fourth-order valence-electron chi connectivity index (χ4n) is 7.75. The van der Waals surface area contributed by atoms with E-state index in [0.717, 1.165) is 31.6 Å². The van der Waals surface area contributed by atoms with Gasteiger partial charge in [-0.1, -0.05) is 27.7 Å². The number of Topliss-reactive ketones (excluding diaryl/α,β-unsaturated/α-hetero) is 1. The van der Waals surface area contributed by atoms with Crippen molar-refractivity contribution in [1.29, 1.82) is 0 Å². The molecule has 0 heterocycles. The third-order valence-electron chi connectivity index (χ3n) is 9.35. The Balaban J connectivity index is 1.63. The van der Waals surface area contributed by atoms with Gasteiger partial charge in [-0.25, -0.2) is 0 Å². The summed E-state index contributed by atoms with van der Waals surface area (Å²) in [5.74, 6) is 3.17. The predicted molar refractivity (Wildman–Crippen MR) is 103 cm³/mol. The highest BCUT2D eigenvalue weighted by Crippen LogP contribution is 2.66. The molecule has 0 saturated heterocycles. The van der Waals surface area contributed by atoms with Gasteiger partial charge in [0.1, 0.15) is 5.78 Å². The minimum atomic E-state index is -0.355. The molecule has 1 N–H and O–H groups in total. The van der Waals surface area contributed by atoms with Crippen molar-refractivity contribution >= 4 is 5.78 Å². The van der Waals surface area contributed by atoms with E-state index in [0.29, 0.717) is 30.1 Å². The topological polar surface area (TPSA) is 46.5 Å². The summed E-state index contributed by atoms with van der Waals surface area (Å²) in [4.78, 5) is 13.5. The van der Waals surface area contributed by atoms with Gasteiger partial charge in [-0.05, 0) is 79.4 Å². The van der Waals surface area contributed by atoms with Crippen LogP contribution in [-0.4, -0.2) is 29.7 Å². The largest absolute Gasteiger partial charge is 0.390 e. The number of hydrogen-bond acceptors (Lipinski definition) is 3. The van der Waals surface area contributed by atoms with Crippen LogP contribution >= 0.6 is 0 Å². The van der Waals surface area contributed by atoms with Crippen molar-refractivity contribution < 1.29 is 14.6 Å².